The van der Waals surface area contributed by atoms with Gasteiger partial charge in [0, 0.05) is 17.1 Å². The molecule has 3 aromatic carbocycles. The van der Waals surface area contributed by atoms with Crippen LogP contribution in [0.5, 0.6) is 0 Å². The predicted molar refractivity (Wildman–Crippen MR) is 155 cm³/mol. The number of amides is 1. The number of aliphatic imine (C=N–C) groups is 1. The molecule has 1 saturated heterocycles. The molecule has 37 heavy (non-hydrogen) atoms. The first-order chi connectivity index (χ1) is 17.9. The fourth-order valence-corrected chi connectivity index (χ4v) is 5.58. The zero-order valence-corrected chi connectivity index (χ0v) is 22.5. The number of rotatable bonds is 6. The van der Waals surface area contributed by atoms with Crippen LogP contribution in [-0.2, 0) is 17.9 Å². The van der Waals surface area contributed by atoms with Crippen LogP contribution in [0.3, 0.4) is 0 Å². The minimum atomic E-state index is -0.00310. The van der Waals surface area contributed by atoms with Gasteiger partial charge in [-0.3, -0.25) is 14.7 Å². The molecule has 0 atom stereocenters. The Labute approximate surface area is 223 Å². The lowest BCUT2D eigenvalue weighted by Crippen LogP contribution is -2.28. The molecule has 0 saturated carbocycles. The monoisotopic (exact) mass is 505 g/mol. The van der Waals surface area contributed by atoms with Crippen molar-refractivity contribution in [1.29, 1.82) is 0 Å². The van der Waals surface area contributed by atoms with Crippen LogP contribution in [0.2, 0.25) is 0 Å². The van der Waals surface area contributed by atoms with E-state index in [-0.39, 0.29) is 5.91 Å². The average molecular weight is 506 g/mol. The number of aryl methyl sites for hydroxylation is 3. The highest BCUT2D eigenvalue weighted by Gasteiger charge is 2.33. The Kier molecular flexibility index (Phi) is 7.15. The van der Waals surface area contributed by atoms with Gasteiger partial charge in [0.15, 0.2) is 5.17 Å². The van der Waals surface area contributed by atoms with E-state index in [1.165, 1.54) is 22.9 Å². The number of thioether (sulfide) groups is 1. The van der Waals surface area contributed by atoms with Crippen LogP contribution < -0.4 is 0 Å². The van der Waals surface area contributed by atoms with Gasteiger partial charge in [-0.15, -0.1) is 0 Å². The number of benzene rings is 3. The highest BCUT2D eigenvalue weighted by molar-refractivity contribution is 8.18. The molecular formula is C32H31N3OS. The van der Waals surface area contributed by atoms with Crippen molar-refractivity contribution in [3.63, 3.8) is 0 Å². The van der Waals surface area contributed by atoms with E-state index >= 15 is 0 Å². The molecule has 1 aliphatic heterocycles. The standard InChI is InChI=1S/C32H31N3OS/c1-22-15-16-29(17-23(22)2)35-24(3)18-28(25(35)4)19-30-31(36)34(21-27-13-9-6-10-14-27)32(37-30)33-20-26-11-7-5-8-12-26/h5-19H,20-21H2,1-4H3/b30-19+,33-32?. The maximum atomic E-state index is 13.6. The number of aromatic nitrogens is 1. The lowest BCUT2D eigenvalue weighted by atomic mass is 10.1. The van der Waals surface area contributed by atoms with Gasteiger partial charge in [0.1, 0.15) is 0 Å². The van der Waals surface area contributed by atoms with Crippen molar-refractivity contribution >= 4 is 28.9 Å². The Balaban J connectivity index is 1.49. The summed E-state index contributed by atoms with van der Waals surface area (Å²) in [5.41, 5.74) is 9.20. The van der Waals surface area contributed by atoms with E-state index in [9.17, 15) is 4.79 Å². The van der Waals surface area contributed by atoms with Gasteiger partial charge in [0.05, 0.1) is 18.0 Å². The highest BCUT2D eigenvalue weighted by Crippen LogP contribution is 2.35. The summed E-state index contributed by atoms with van der Waals surface area (Å²) < 4.78 is 2.26. The zero-order valence-electron chi connectivity index (χ0n) is 21.7. The Bertz CT molecular complexity index is 1500. The van der Waals surface area contributed by atoms with Gasteiger partial charge in [-0.05, 0) is 91.5 Å². The lowest BCUT2D eigenvalue weighted by molar-refractivity contribution is -0.122. The molecule has 0 N–H and O–H groups in total. The minimum absolute atomic E-state index is 0.00310. The Morgan fingerprint density at radius 1 is 0.811 bits per heavy atom. The van der Waals surface area contributed by atoms with Gasteiger partial charge in [-0.2, -0.15) is 0 Å². The molecule has 5 heteroatoms. The highest BCUT2D eigenvalue weighted by atomic mass is 32.2. The molecule has 0 unspecified atom stereocenters. The van der Waals surface area contributed by atoms with E-state index in [0.29, 0.717) is 18.0 Å². The number of nitrogens with zero attached hydrogens (tertiary/aromatic N) is 3. The summed E-state index contributed by atoms with van der Waals surface area (Å²) in [5, 5.41) is 0.743. The van der Waals surface area contributed by atoms with Gasteiger partial charge in [0.2, 0.25) is 0 Å². The summed E-state index contributed by atoms with van der Waals surface area (Å²) in [6.07, 6.45) is 2.02. The Morgan fingerprint density at radius 3 is 2.16 bits per heavy atom. The molecule has 0 bridgehead atoms. The normalized spacial score (nSPS) is 15.8. The minimum Gasteiger partial charge on any atom is -0.318 e. The van der Waals surface area contributed by atoms with Gasteiger partial charge in [-0.25, -0.2) is 0 Å². The second-order valence-electron chi connectivity index (χ2n) is 9.50. The largest absolute Gasteiger partial charge is 0.318 e. The van der Waals surface area contributed by atoms with Crippen LogP contribution in [0.25, 0.3) is 11.8 Å². The summed E-state index contributed by atoms with van der Waals surface area (Å²) in [4.78, 5) is 21.0. The first-order valence-electron chi connectivity index (χ1n) is 12.5. The van der Waals surface area contributed by atoms with E-state index < -0.39 is 0 Å². The van der Waals surface area contributed by atoms with Crippen LogP contribution in [-0.4, -0.2) is 20.5 Å². The molecule has 4 aromatic rings. The van der Waals surface area contributed by atoms with Crippen LogP contribution in [0.1, 0.15) is 39.2 Å². The third kappa shape index (κ3) is 5.32. The lowest BCUT2D eigenvalue weighted by Gasteiger charge is -2.15. The van der Waals surface area contributed by atoms with Crippen molar-refractivity contribution < 1.29 is 4.79 Å². The van der Waals surface area contributed by atoms with Crippen molar-refractivity contribution in [3.05, 3.63) is 129 Å². The van der Waals surface area contributed by atoms with Crippen molar-refractivity contribution in [1.82, 2.24) is 9.47 Å². The SMILES string of the molecule is Cc1ccc(-n2c(C)cc(/C=C3/SC(=NCc4ccccc4)N(Cc4ccccc4)C3=O)c2C)cc1C. The van der Waals surface area contributed by atoms with Crippen molar-refractivity contribution in [2.75, 3.05) is 0 Å². The molecule has 4 nitrogen and oxygen atoms in total. The second kappa shape index (κ2) is 10.7. The molecule has 1 aromatic heterocycles. The van der Waals surface area contributed by atoms with Crippen LogP contribution in [0.15, 0.2) is 94.8 Å². The van der Waals surface area contributed by atoms with E-state index in [1.54, 1.807) is 4.90 Å². The summed E-state index contributed by atoms with van der Waals surface area (Å²) in [6, 6.07) is 28.9. The molecule has 0 spiro atoms. The topological polar surface area (TPSA) is 37.6 Å². The smallest absolute Gasteiger partial charge is 0.267 e. The molecular weight excluding hydrogens is 474 g/mol. The maximum absolute atomic E-state index is 13.6. The molecule has 1 fully saturated rings. The first-order valence-corrected chi connectivity index (χ1v) is 13.3. The van der Waals surface area contributed by atoms with Crippen LogP contribution in [0, 0.1) is 27.7 Å². The Hall–Kier alpha value is -3.83. The maximum Gasteiger partial charge on any atom is 0.267 e. The molecule has 2 heterocycles. The summed E-state index contributed by atoms with van der Waals surface area (Å²) in [5.74, 6) is -0.00310. The second-order valence-corrected chi connectivity index (χ2v) is 10.5. The fraction of sp³-hybridized carbons (Fsp3) is 0.188. The van der Waals surface area contributed by atoms with Crippen molar-refractivity contribution in [3.8, 4) is 5.69 Å². The van der Waals surface area contributed by atoms with E-state index in [1.807, 2.05) is 54.6 Å². The third-order valence-electron chi connectivity index (χ3n) is 6.82. The summed E-state index contributed by atoms with van der Waals surface area (Å²) >= 11 is 1.46. The average Bonchev–Trinajstić information content (AvgIpc) is 3.35. The summed E-state index contributed by atoms with van der Waals surface area (Å²) in [6.45, 7) is 9.54. The zero-order chi connectivity index (χ0) is 25.9. The number of carbonyl (C=O) groups is 1. The molecule has 186 valence electrons. The predicted octanol–water partition coefficient (Wildman–Crippen LogP) is 7.38. The molecule has 5 rings (SSSR count). The number of carbonyl (C=O) groups excluding carboxylic acids is 1. The van der Waals surface area contributed by atoms with Gasteiger partial charge < -0.3 is 4.57 Å². The first kappa shape index (κ1) is 24.8. The van der Waals surface area contributed by atoms with Crippen LogP contribution in [0.4, 0.5) is 0 Å². The van der Waals surface area contributed by atoms with Crippen molar-refractivity contribution in [2.24, 2.45) is 4.99 Å². The summed E-state index contributed by atoms with van der Waals surface area (Å²) in [7, 11) is 0. The van der Waals surface area contributed by atoms with Crippen molar-refractivity contribution in [2.45, 2.75) is 40.8 Å². The Morgan fingerprint density at radius 2 is 1.49 bits per heavy atom. The van der Waals surface area contributed by atoms with Gasteiger partial charge >= 0.3 is 0 Å². The van der Waals surface area contributed by atoms with E-state index in [0.717, 1.165) is 38.9 Å². The van der Waals surface area contributed by atoms with Gasteiger partial charge in [-0.1, -0.05) is 66.7 Å². The molecule has 0 aliphatic carbocycles. The fourth-order valence-electron chi connectivity index (χ4n) is 4.61. The quantitative estimate of drug-likeness (QED) is 0.256. The van der Waals surface area contributed by atoms with E-state index in [4.69, 9.17) is 4.99 Å². The van der Waals surface area contributed by atoms with Crippen LogP contribution >= 0.6 is 11.8 Å². The molecule has 1 aliphatic rings. The number of hydrogen-bond acceptors (Lipinski definition) is 3. The molecule has 0 radical (unpaired) electrons. The van der Waals surface area contributed by atoms with Gasteiger partial charge in [0.25, 0.3) is 5.91 Å². The number of hydrogen-bond donors (Lipinski definition) is 0. The van der Waals surface area contributed by atoms with E-state index in [2.05, 4.69) is 68.7 Å². The molecule has 1 amide bonds. The third-order valence-corrected chi connectivity index (χ3v) is 7.86. The number of amidine groups is 1.